The van der Waals surface area contributed by atoms with Crippen LogP contribution in [-0.4, -0.2) is 20.8 Å². The van der Waals surface area contributed by atoms with Crippen molar-refractivity contribution in [2.45, 2.75) is 30.7 Å². The fourth-order valence-electron chi connectivity index (χ4n) is 1.53. The summed E-state index contributed by atoms with van der Waals surface area (Å²) in [5.74, 6) is 0.0676. The van der Waals surface area contributed by atoms with Crippen molar-refractivity contribution < 1.29 is 9.66 Å². The van der Waals surface area contributed by atoms with Gasteiger partial charge in [-0.2, -0.15) is 0 Å². The molecule has 0 amide bonds. The third-order valence-corrected chi connectivity index (χ3v) is 3.23. The molecular weight excluding hydrogens is 276 g/mol. The maximum absolute atomic E-state index is 10.8. The Morgan fingerprint density at radius 3 is 2.81 bits per heavy atom. The second-order valence-corrected chi connectivity index (χ2v) is 5.13. The summed E-state index contributed by atoms with van der Waals surface area (Å²) in [6, 6.07) is 3.33. The Bertz CT molecular complexity index is 419. The molecule has 5 nitrogen and oxygen atoms in total. The second kappa shape index (κ2) is 4.37. The smallest absolute Gasteiger partial charge is 0.406 e. The van der Waals surface area contributed by atoms with E-state index in [2.05, 4.69) is 20.9 Å². The van der Waals surface area contributed by atoms with Crippen molar-refractivity contribution >= 4 is 21.7 Å². The number of ether oxygens (including phenoxy) is 1. The van der Waals surface area contributed by atoms with Crippen LogP contribution in [0.15, 0.2) is 12.1 Å². The summed E-state index contributed by atoms with van der Waals surface area (Å²) >= 11 is 3.44. The highest BCUT2D eigenvalue weighted by Crippen LogP contribution is 2.34. The van der Waals surface area contributed by atoms with E-state index in [-0.39, 0.29) is 17.7 Å². The van der Waals surface area contributed by atoms with E-state index in [0.717, 1.165) is 12.8 Å². The quantitative estimate of drug-likeness (QED) is 0.487. The van der Waals surface area contributed by atoms with Crippen LogP contribution in [0.2, 0.25) is 0 Å². The van der Waals surface area contributed by atoms with Crippen LogP contribution < -0.4 is 4.74 Å². The molecule has 1 aliphatic carbocycles. The van der Waals surface area contributed by atoms with Gasteiger partial charge in [-0.05, 0) is 34.9 Å². The number of hydrogen-bond donors (Lipinski definition) is 0. The van der Waals surface area contributed by atoms with Crippen molar-refractivity contribution in [3.63, 3.8) is 0 Å². The minimum atomic E-state index is -0.507. The summed E-state index contributed by atoms with van der Waals surface area (Å²) in [4.78, 5) is 14.6. The predicted molar refractivity (Wildman–Crippen MR) is 62.0 cm³/mol. The van der Waals surface area contributed by atoms with Gasteiger partial charge in [0.15, 0.2) is 0 Å². The van der Waals surface area contributed by atoms with Gasteiger partial charge in [0, 0.05) is 11.8 Å². The van der Waals surface area contributed by atoms with Crippen LogP contribution in [0, 0.1) is 17.0 Å². The molecule has 1 aromatic heterocycles. The monoisotopic (exact) mass is 286 g/mol. The zero-order chi connectivity index (χ0) is 11.7. The normalized spacial score (nSPS) is 23.6. The maximum Gasteiger partial charge on any atom is 0.406 e. The number of nitro groups is 1. The van der Waals surface area contributed by atoms with E-state index in [1.165, 1.54) is 0 Å². The Morgan fingerprint density at radius 2 is 2.25 bits per heavy atom. The summed E-state index contributed by atoms with van der Waals surface area (Å²) in [5, 5.41) is 10.8. The average molecular weight is 287 g/mol. The summed E-state index contributed by atoms with van der Waals surface area (Å²) in [7, 11) is 0. The van der Waals surface area contributed by atoms with Crippen molar-refractivity contribution in [3.05, 3.63) is 27.9 Å². The highest BCUT2D eigenvalue weighted by Gasteiger charge is 2.31. The van der Waals surface area contributed by atoms with Gasteiger partial charge in [0.25, 0.3) is 0 Å². The molecule has 0 aliphatic heterocycles. The average Bonchev–Trinajstić information content (AvgIpc) is 2.17. The minimum absolute atomic E-state index is 0.0626. The van der Waals surface area contributed by atoms with Gasteiger partial charge >= 0.3 is 5.82 Å². The minimum Gasteiger partial charge on any atom is -0.482 e. The molecule has 0 unspecified atom stereocenters. The first-order valence-electron chi connectivity index (χ1n) is 4.99. The number of nitrogens with zero attached hydrogens (tertiary/aromatic N) is 2. The number of aromatic nitrogens is 1. The second-order valence-electron chi connectivity index (χ2n) is 3.84. The van der Waals surface area contributed by atoms with Crippen LogP contribution in [0.25, 0.3) is 0 Å². The zero-order valence-corrected chi connectivity index (χ0v) is 10.3. The molecule has 0 atom stereocenters. The Morgan fingerprint density at radius 1 is 1.56 bits per heavy atom. The van der Waals surface area contributed by atoms with E-state index >= 15 is 0 Å². The van der Waals surface area contributed by atoms with Gasteiger partial charge in [0.1, 0.15) is 11.8 Å². The van der Waals surface area contributed by atoms with Crippen molar-refractivity contribution in [2.75, 3.05) is 0 Å². The van der Waals surface area contributed by atoms with Crippen molar-refractivity contribution in [2.24, 2.45) is 0 Å². The van der Waals surface area contributed by atoms with Gasteiger partial charge in [-0.1, -0.05) is 15.9 Å². The van der Waals surface area contributed by atoms with Crippen molar-refractivity contribution in [1.82, 2.24) is 4.98 Å². The topological polar surface area (TPSA) is 65.3 Å². The molecule has 0 N–H and O–H groups in total. The molecule has 0 saturated heterocycles. The number of alkyl halides is 1. The highest BCUT2D eigenvalue weighted by atomic mass is 79.9. The molecule has 86 valence electrons. The number of pyridine rings is 1. The van der Waals surface area contributed by atoms with Crippen molar-refractivity contribution in [3.8, 4) is 5.75 Å². The maximum atomic E-state index is 10.8. The Kier molecular flexibility index (Phi) is 3.09. The van der Waals surface area contributed by atoms with Crippen molar-refractivity contribution in [1.29, 1.82) is 0 Å². The van der Waals surface area contributed by atoms with Gasteiger partial charge in [0.2, 0.25) is 5.75 Å². The standard InChI is InChI=1S/C10H11BrN2O3/c1-6-2-3-9(10(12-6)13(14)15)16-8-4-7(11)5-8/h2-3,7-8H,4-5H2,1H3. The first-order chi connectivity index (χ1) is 7.56. The van der Waals surface area contributed by atoms with Crippen LogP contribution in [0.1, 0.15) is 18.5 Å². The third-order valence-electron chi connectivity index (χ3n) is 2.48. The lowest BCUT2D eigenvalue weighted by atomic mass is 9.96. The van der Waals surface area contributed by atoms with Gasteiger partial charge < -0.3 is 14.9 Å². The number of halogens is 1. The molecule has 1 heterocycles. The molecule has 2 rings (SSSR count). The molecule has 0 radical (unpaired) electrons. The van der Waals surface area contributed by atoms with E-state index in [0.29, 0.717) is 10.5 Å². The number of aryl methyl sites for hydroxylation is 1. The van der Waals surface area contributed by atoms with Gasteiger partial charge in [-0.3, -0.25) is 0 Å². The zero-order valence-electron chi connectivity index (χ0n) is 8.72. The lowest BCUT2D eigenvalue weighted by molar-refractivity contribution is -0.390. The van der Waals surface area contributed by atoms with Crippen LogP contribution in [0.5, 0.6) is 5.75 Å². The Balaban J connectivity index is 2.16. The largest absolute Gasteiger partial charge is 0.482 e. The lowest BCUT2D eigenvalue weighted by Gasteiger charge is -2.31. The van der Waals surface area contributed by atoms with E-state index in [1.54, 1.807) is 19.1 Å². The van der Waals surface area contributed by atoms with E-state index in [1.807, 2.05) is 0 Å². The van der Waals surface area contributed by atoms with E-state index in [9.17, 15) is 10.1 Å². The predicted octanol–water partition coefficient (Wildman–Crippen LogP) is 2.60. The van der Waals surface area contributed by atoms with Gasteiger partial charge in [0.05, 0.1) is 0 Å². The molecular formula is C10H11BrN2O3. The summed E-state index contributed by atoms with van der Waals surface area (Å²) in [6.07, 6.45) is 1.82. The van der Waals surface area contributed by atoms with Crippen LogP contribution in [0.4, 0.5) is 5.82 Å². The molecule has 1 aliphatic rings. The summed E-state index contributed by atoms with van der Waals surface area (Å²) in [6.45, 7) is 1.72. The SMILES string of the molecule is Cc1ccc(OC2CC(Br)C2)c([N+](=O)[O-])n1. The first kappa shape index (κ1) is 11.3. The highest BCUT2D eigenvalue weighted by molar-refractivity contribution is 9.09. The van der Waals surface area contributed by atoms with Crippen LogP contribution in [-0.2, 0) is 0 Å². The van der Waals surface area contributed by atoms with Crippen LogP contribution in [0.3, 0.4) is 0 Å². The molecule has 16 heavy (non-hydrogen) atoms. The van der Waals surface area contributed by atoms with Gasteiger partial charge in [-0.15, -0.1) is 0 Å². The molecule has 0 bridgehead atoms. The molecule has 1 saturated carbocycles. The summed E-state index contributed by atoms with van der Waals surface area (Å²) in [5.41, 5.74) is 0.617. The lowest BCUT2D eigenvalue weighted by Crippen LogP contribution is -2.34. The molecule has 1 fully saturated rings. The molecule has 6 heteroatoms. The Hall–Kier alpha value is -1.17. The first-order valence-corrected chi connectivity index (χ1v) is 5.90. The van der Waals surface area contributed by atoms with E-state index in [4.69, 9.17) is 4.74 Å². The fraction of sp³-hybridized carbons (Fsp3) is 0.500. The summed E-state index contributed by atoms with van der Waals surface area (Å²) < 4.78 is 5.53. The molecule has 0 spiro atoms. The Labute approximate surface area is 101 Å². The molecule has 0 aromatic carbocycles. The van der Waals surface area contributed by atoms with Gasteiger partial charge in [-0.25, -0.2) is 0 Å². The molecule has 1 aromatic rings. The third kappa shape index (κ3) is 2.32. The number of rotatable bonds is 3. The number of hydrogen-bond acceptors (Lipinski definition) is 4. The fourth-order valence-corrected chi connectivity index (χ4v) is 2.36. The van der Waals surface area contributed by atoms with Crippen LogP contribution >= 0.6 is 15.9 Å². The van der Waals surface area contributed by atoms with E-state index < -0.39 is 4.92 Å².